The van der Waals surface area contributed by atoms with Gasteiger partial charge in [0.1, 0.15) is 17.1 Å². The second-order valence-electron chi connectivity index (χ2n) is 11.7. The fraction of sp³-hybridized carbons (Fsp3) is 0.333. The molecule has 1 saturated heterocycles. The van der Waals surface area contributed by atoms with E-state index in [1.165, 1.54) is 18.3 Å². The third-order valence-electron chi connectivity index (χ3n) is 7.79. The molecule has 2 aliphatic rings. The molecule has 2 aromatic carbocycles. The Hall–Kier alpha value is -3.09. The molecule has 4 atom stereocenters. The minimum atomic E-state index is -1.32. The van der Waals surface area contributed by atoms with Gasteiger partial charge in [0.05, 0.1) is 11.6 Å². The van der Waals surface area contributed by atoms with Crippen LogP contribution in [-0.4, -0.2) is 34.8 Å². The topological polar surface area (TPSA) is 126 Å². The quantitative estimate of drug-likeness (QED) is 0.207. The number of rotatable bonds is 6. The van der Waals surface area contributed by atoms with Crippen molar-refractivity contribution < 1.29 is 18.8 Å². The Morgan fingerprint density at radius 1 is 1.20 bits per heavy atom. The second-order valence-corrected chi connectivity index (χ2v) is 12.9. The Bertz CT molecular complexity index is 1540. The van der Waals surface area contributed by atoms with Gasteiger partial charge in [-0.1, -0.05) is 79.2 Å². The number of hydrogen-bond donors (Lipinski definition) is 4. The van der Waals surface area contributed by atoms with E-state index in [1.807, 2.05) is 0 Å². The number of pyridine rings is 1. The van der Waals surface area contributed by atoms with Crippen molar-refractivity contribution in [2.24, 2.45) is 11.1 Å². The molecule has 3 amide bonds. The SMILES string of the molecule is CC(C)(C)C[C@@H]1N[C@@H](C(=O)Nc2ccc(C(N)=O)cn2)[C@H](c2cccc(CI)c2F)[C@]12C(=O)Nc1cc(Cl)ccc12. The zero-order chi connectivity index (χ0) is 29.7. The Kier molecular flexibility index (Phi) is 7.86. The highest BCUT2D eigenvalue weighted by Gasteiger charge is 2.66. The largest absolute Gasteiger partial charge is 0.366 e. The van der Waals surface area contributed by atoms with Crippen LogP contribution in [0.1, 0.15) is 60.2 Å². The van der Waals surface area contributed by atoms with Crippen molar-refractivity contribution >= 4 is 63.4 Å². The lowest BCUT2D eigenvalue weighted by molar-refractivity contribution is -0.122. The van der Waals surface area contributed by atoms with E-state index in [-0.39, 0.29) is 28.3 Å². The monoisotopic (exact) mass is 689 g/mol. The van der Waals surface area contributed by atoms with Crippen LogP contribution < -0.4 is 21.7 Å². The molecular weight excluding hydrogens is 660 g/mol. The number of alkyl halides is 1. The Morgan fingerprint density at radius 2 is 1.95 bits per heavy atom. The molecular formula is C30H30ClFIN5O3. The number of primary amides is 1. The molecule has 1 spiro atoms. The lowest BCUT2D eigenvalue weighted by atomic mass is 9.62. The predicted molar refractivity (Wildman–Crippen MR) is 165 cm³/mol. The Balaban J connectivity index is 1.70. The molecule has 0 saturated carbocycles. The van der Waals surface area contributed by atoms with Gasteiger partial charge in [-0.25, -0.2) is 9.37 Å². The van der Waals surface area contributed by atoms with Gasteiger partial charge in [0, 0.05) is 33.3 Å². The summed E-state index contributed by atoms with van der Waals surface area (Å²) < 4.78 is 16.6. The standard InChI is InChI=1S/C30H30ClFIN5O3/c1-29(2,3)12-21-30(19-9-8-17(31)11-20(19)36-28(30)41)23(18-6-4-5-15(13-33)24(18)32)25(37-21)27(40)38-22-10-7-16(14-35-22)26(34)39/h4-11,14,21,23,25,37H,12-13H2,1-3H3,(H2,34,39)(H,36,41)(H,35,38,40)/t21-,23-,25+,30+/m0/s1. The number of benzene rings is 2. The summed E-state index contributed by atoms with van der Waals surface area (Å²) in [5.74, 6) is -2.61. The van der Waals surface area contributed by atoms with Crippen LogP contribution in [0.15, 0.2) is 54.7 Å². The summed E-state index contributed by atoms with van der Waals surface area (Å²) in [5, 5.41) is 9.68. The van der Waals surface area contributed by atoms with Crippen molar-refractivity contribution in [3.05, 3.63) is 87.8 Å². The molecule has 2 aliphatic heterocycles. The molecule has 3 heterocycles. The number of anilines is 2. The van der Waals surface area contributed by atoms with Crippen LogP contribution in [0.3, 0.4) is 0 Å². The highest BCUT2D eigenvalue weighted by molar-refractivity contribution is 14.1. The molecule has 1 aromatic heterocycles. The number of aromatic nitrogens is 1. The number of nitrogens with zero attached hydrogens (tertiary/aromatic N) is 1. The molecule has 3 aromatic rings. The van der Waals surface area contributed by atoms with Crippen molar-refractivity contribution in [2.45, 2.75) is 55.0 Å². The normalized spacial score (nSPS) is 23.4. The zero-order valence-corrected chi connectivity index (χ0v) is 25.6. The summed E-state index contributed by atoms with van der Waals surface area (Å²) in [5.41, 5.74) is 5.92. The maximum absolute atomic E-state index is 16.2. The van der Waals surface area contributed by atoms with E-state index in [9.17, 15) is 14.4 Å². The molecule has 0 radical (unpaired) electrons. The van der Waals surface area contributed by atoms with Crippen molar-refractivity contribution in [2.75, 3.05) is 10.6 Å². The number of carbonyl (C=O) groups excluding carboxylic acids is 3. The minimum absolute atomic E-state index is 0.193. The fourth-order valence-electron chi connectivity index (χ4n) is 6.15. The first kappa shape index (κ1) is 29.4. The van der Waals surface area contributed by atoms with Gasteiger partial charge in [-0.3, -0.25) is 14.4 Å². The number of fused-ring (bicyclic) bond motifs is 2. The summed E-state index contributed by atoms with van der Waals surface area (Å²) >= 11 is 8.40. The van der Waals surface area contributed by atoms with Crippen LogP contribution >= 0.6 is 34.2 Å². The Morgan fingerprint density at radius 3 is 2.59 bits per heavy atom. The summed E-state index contributed by atoms with van der Waals surface area (Å²) in [6.07, 6.45) is 1.79. The molecule has 0 aliphatic carbocycles. The smallest absolute Gasteiger partial charge is 0.250 e. The van der Waals surface area contributed by atoms with Crippen LogP contribution in [0.25, 0.3) is 0 Å². The van der Waals surface area contributed by atoms with Gasteiger partial charge in [0.25, 0.3) is 0 Å². The number of carbonyl (C=O) groups is 3. The van der Waals surface area contributed by atoms with E-state index in [1.54, 1.807) is 36.4 Å². The van der Waals surface area contributed by atoms with Gasteiger partial charge in [0.2, 0.25) is 17.7 Å². The van der Waals surface area contributed by atoms with Gasteiger partial charge in [-0.2, -0.15) is 0 Å². The first-order valence-electron chi connectivity index (χ1n) is 13.1. The molecule has 0 bridgehead atoms. The molecule has 41 heavy (non-hydrogen) atoms. The number of hydrogen-bond acceptors (Lipinski definition) is 5. The highest BCUT2D eigenvalue weighted by Crippen LogP contribution is 2.57. The summed E-state index contributed by atoms with van der Waals surface area (Å²) in [6.45, 7) is 6.17. The van der Waals surface area contributed by atoms with E-state index in [0.29, 0.717) is 32.7 Å². The van der Waals surface area contributed by atoms with Crippen LogP contribution in [0.4, 0.5) is 15.9 Å². The third-order valence-corrected chi connectivity index (χ3v) is 8.85. The van der Waals surface area contributed by atoms with Crippen LogP contribution in [0.5, 0.6) is 0 Å². The van der Waals surface area contributed by atoms with E-state index in [4.69, 9.17) is 17.3 Å². The van der Waals surface area contributed by atoms with Gasteiger partial charge in [-0.05, 0) is 52.8 Å². The third kappa shape index (κ3) is 5.21. The van der Waals surface area contributed by atoms with E-state index < -0.39 is 41.0 Å². The van der Waals surface area contributed by atoms with Crippen LogP contribution in [-0.2, 0) is 19.4 Å². The Labute approximate surface area is 256 Å². The maximum Gasteiger partial charge on any atom is 0.250 e. The van der Waals surface area contributed by atoms with Crippen LogP contribution in [0.2, 0.25) is 5.02 Å². The number of halogens is 3. The fourth-order valence-corrected chi connectivity index (χ4v) is 6.91. The van der Waals surface area contributed by atoms with E-state index in [0.717, 1.165) is 0 Å². The maximum atomic E-state index is 16.2. The molecule has 0 unspecified atom stereocenters. The summed E-state index contributed by atoms with van der Waals surface area (Å²) in [6, 6.07) is 11.7. The molecule has 8 nitrogen and oxygen atoms in total. The van der Waals surface area contributed by atoms with E-state index >= 15 is 4.39 Å². The zero-order valence-electron chi connectivity index (χ0n) is 22.7. The van der Waals surface area contributed by atoms with Crippen molar-refractivity contribution in [1.82, 2.24) is 10.3 Å². The van der Waals surface area contributed by atoms with Gasteiger partial charge in [-0.15, -0.1) is 0 Å². The molecule has 1 fully saturated rings. The average molecular weight is 690 g/mol. The first-order valence-corrected chi connectivity index (χ1v) is 15.0. The first-order chi connectivity index (χ1) is 19.4. The lowest BCUT2D eigenvalue weighted by Gasteiger charge is -2.37. The number of nitrogens with two attached hydrogens (primary N) is 1. The molecule has 214 valence electrons. The van der Waals surface area contributed by atoms with Crippen molar-refractivity contribution in [3.63, 3.8) is 0 Å². The van der Waals surface area contributed by atoms with Gasteiger partial charge in [0.15, 0.2) is 0 Å². The minimum Gasteiger partial charge on any atom is -0.366 e. The molecule has 11 heteroatoms. The van der Waals surface area contributed by atoms with Crippen molar-refractivity contribution in [1.29, 1.82) is 0 Å². The highest BCUT2D eigenvalue weighted by atomic mass is 127. The van der Waals surface area contributed by atoms with Gasteiger partial charge < -0.3 is 21.7 Å². The van der Waals surface area contributed by atoms with Crippen LogP contribution in [0, 0.1) is 11.2 Å². The summed E-state index contributed by atoms with van der Waals surface area (Å²) in [7, 11) is 0. The second kappa shape index (κ2) is 11.0. The average Bonchev–Trinajstić information content (AvgIpc) is 3.38. The van der Waals surface area contributed by atoms with Gasteiger partial charge >= 0.3 is 0 Å². The van der Waals surface area contributed by atoms with E-state index in [2.05, 4.69) is 64.3 Å². The number of amides is 3. The molecule has 5 N–H and O–H groups in total. The predicted octanol–water partition coefficient (Wildman–Crippen LogP) is 5.30. The van der Waals surface area contributed by atoms with Crippen molar-refractivity contribution in [3.8, 4) is 0 Å². The lowest BCUT2D eigenvalue weighted by Crippen LogP contribution is -2.49. The molecule has 5 rings (SSSR count). The number of nitrogens with one attached hydrogen (secondary N) is 3. The summed E-state index contributed by atoms with van der Waals surface area (Å²) in [4.78, 5) is 43.9.